The van der Waals surface area contributed by atoms with Gasteiger partial charge < -0.3 is 15.0 Å². The first-order valence-corrected chi connectivity index (χ1v) is 5.18. The lowest BCUT2D eigenvalue weighted by molar-refractivity contribution is 0.410. The molecule has 0 aliphatic rings. The van der Waals surface area contributed by atoms with E-state index in [0.29, 0.717) is 17.0 Å². The molecule has 4 nitrogen and oxygen atoms in total. The topological polar surface area (TPSA) is 53.1 Å². The molecule has 1 aromatic carbocycles. The van der Waals surface area contributed by atoms with Gasteiger partial charge >= 0.3 is 0 Å². The molecule has 0 saturated carbocycles. The van der Waals surface area contributed by atoms with Gasteiger partial charge in [-0.1, -0.05) is 6.07 Å². The molecule has 1 unspecified atom stereocenters. The zero-order valence-corrected chi connectivity index (χ0v) is 9.72. The van der Waals surface area contributed by atoms with Crippen molar-refractivity contribution < 1.29 is 9.13 Å². The van der Waals surface area contributed by atoms with Gasteiger partial charge in [0.15, 0.2) is 0 Å². The second kappa shape index (κ2) is 4.55. The van der Waals surface area contributed by atoms with Gasteiger partial charge in [-0.3, -0.25) is 0 Å². The van der Waals surface area contributed by atoms with Crippen LogP contribution < -0.4 is 10.5 Å². The number of hydrogen-bond donors (Lipinski definition) is 1. The molecule has 17 heavy (non-hydrogen) atoms. The summed E-state index contributed by atoms with van der Waals surface area (Å²) in [7, 11) is 3.33. The quantitative estimate of drug-likeness (QED) is 0.879. The maximum absolute atomic E-state index is 13.8. The molecule has 1 aromatic heterocycles. The van der Waals surface area contributed by atoms with Crippen LogP contribution in [-0.4, -0.2) is 16.7 Å². The Hall–Kier alpha value is -1.88. The van der Waals surface area contributed by atoms with E-state index in [1.807, 2.05) is 7.05 Å². The molecule has 0 radical (unpaired) electrons. The van der Waals surface area contributed by atoms with Crippen LogP contribution in [0.15, 0.2) is 30.7 Å². The fraction of sp³-hybridized carbons (Fsp3) is 0.250. The summed E-state index contributed by atoms with van der Waals surface area (Å²) < 4.78 is 20.5. The average Bonchev–Trinajstić information content (AvgIpc) is 2.75. The van der Waals surface area contributed by atoms with E-state index >= 15 is 0 Å². The molecule has 90 valence electrons. The summed E-state index contributed by atoms with van der Waals surface area (Å²) in [6.07, 6.45) is 3.41. The summed E-state index contributed by atoms with van der Waals surface area (Å²) in [6, 6.07) is 4.05. The minimum absolute atomic E-state index is 0.387. The molecule has 0 amide bonds. The van der Waals surface area contributed by atoms with E-state index in [4.69, 9.17) is 10.5 Å². The highest BCUT2D eigenvalue weighted by molar-refractivity contribution is 5.33. The number of aryl methyl sites for hydroxylation is 1. The van der Waals surface area contributed by atoms with E-state index in [0.717, 1.165) is 0 Å². The minimum Gasteiger partial charge on any atom is -0.497 e. The number of halogens is 1. The lowest BCUT2D eigenvalue weighted by Crippen LogP contribution is -2.14. The molecule has 5 heteroatoms. The van der Waals surface area contributed by atoms with Crippen LogP contribution >= 0.6 is 0 Å². The number of nitrogens with two attached hydrogens (primary N) is 1. The van der Waals surface area contributed by atoms with Gasteiger partial charge in [0.25, 0.3) is 0 Å². The van der Waals surface area contributed by atoms with Crippen LogP contribution in [0.1, 0.15) is 17.3 Å². The number of aromatic nitrogens is 2. The molecule has 2 N–H and O–H groups in total. The Bertz CT molecular complexity index is 524. The van der Waals surface area contributed by atoms with Crippen molar-refractivity contribution in [3.8, 4) is 5.75 Å². The van der Waals surface area contributed by atoms with Gasteiger partial charge in [-0.05, 0) is 6.07 Å². The number of imidazole rings is 1. The van der Waals surface area contributed by atoms with Gasteiger partial charge in [-0.2, -0.15) is 0 Å². The first-order chi connectivity index (χ1) is 8.11. The summed E-state index contributed by atoms with van der Waals surface area (Å²) in [5.74, 6) is 0.0852. The first-order valence-electron chi connectivity index (χ1n) is 5.18. The van der Waals surface area contributed by atoms with Crippen LogP contribution in [0, 0.1) is 5.82 Å². The third-order valence-corrected chi connectivity index (χ3v) is 2.59. The van der Waals surface area contributed by atoms with Crippen LogP contribution in [-0.2, 0) is 7.05 Å². The molecular formula is C12H14FN3O. The largest absolute Gasteiger partial charge is 0.497 e. The van der Waals surface area contributed by atoms with E-state index in [1.165, 1.54) is 13.2 Å². The first kappa shape index (κ1) is 11.6. The van der Waals surface area contributed by atoms with Crippen molar-refractivity contribution in [3.05, 3.63) is 47.8 Å². The van der Waals surface area contributed by atoms with Crippen molar-refractivity contribution in [2.45, 2.75) is 6.04 Å². The number of rotatable bonds is 3. The van der Waals surface area contributed by atoms with Crippen molar-refractivity contribution in [2.75, 3.05) is 7.11 Å². The van der Waals surface area contributed by atoms with E-state index in [9.17, 15) is 4.39 Å². The normalized spacial score (nSPS) is 12.5. The van der Waals surface area contributed by atoms with Crippen LogP contribution in [0.3, 0.4) is 0 Å². The highest BCUT2D eigenvalue weighted by Gasteiger charge is 2.16. The van der Waals surface area contributed by atoms with Crippen molar-refractivity contribution >= 4 is 0 Å². The summed E-state index contributed by atoms with van der Waals surface area (Å²) in [5.41, 5.74) is 7.01. The molecule has 0 spiro atoms. The van der Waals surface area contributed by atoms with Crippen molar-refractivity contribution in [3.63, 3.8) is 0 Å². The van der Waals surface area contributed by atoms with Crippen molar-refractivity contribution in [1.82, 2.24) is 9.55 Å². The summed E-state index contributed by atoms with van der Waals surface area (Å²) in [6.45, 7) is 0. The molecule has 2 rings (SSSR count). The molecular weight excluding hydrogens is 221 g/mol. The standard InChI is InChI=1S/C12H14FN3O/c1-16-6-11(15-7-16)12(14)9-4-3-8(17-2)5-10(9)13/h3-7,12H,14H2,1-2H3. The lowest BCUT2D eigenvalue weighted by Gasteiger charge is -2.11. The number of ether oxygens (including phenoxy) is 1. The monoisotopic (exact) mass is 235 g/mol. The van der Waals surface area contributed by atoms with Gasteiger partial charge in [-0.25, -0.2) is 9.37 Å². The van der Waals surface area contributed by atoms with E-state index < -0.39 is 6.04 Å². The van der Waals surface area contributed by atoms with Crippen molar-refractivity contribution in [1.29, 1.82) is 0 Å². The SMILES string of the molecule is COc1ccc(C(N)c2cn(C)cn2)c(F)c1. The third kappa shape index (κ3) is 2.29. The molecule has 0 aliphatic heterocycles. The second-order valence-corrected chi connectivity index (χ2v) is 3.83. The number of benzene rings is 1. The maximum atomic E-state index is 13.8. The second-order valence-electron chi connectivity index (χ2n) is 3.83. The molecule has 0 aliphatic carbocycles. The Labute approximate surface area is 98.8 Å². The fourth-order valence-electron chi connectivity index (χ4n) is 1.64. The Morgan fingerprint density at radius 3 is 2.76 bits per heavy atom. The maximum Gasteiger partial charge on any atom is 0.132 e. The average molecular weight is 235 g/mol. The molecule has 2 aromatic rings. The Morgan fingerprint density at radius 1 is 1.47 bits per heavy atom. The highest BCUT2D eigenvalue weighted by Crippen LogP contribution is 2.24. The Morgan fingerprint density at radius 2 is 2.24 bits per heavy atom. The van der Waals surface area contributed by atoms with Crippen molar-refractivity contribution in [2.24, 2.45) is 12.8 Å². The predicted molar refractivity (Wildman–Crippen MR) is 62.2 cm³/mol. The van der Waals surface area contributed by atoms with E-state index in [1.54, 1.807) is 29.2 Å². The summed E-state index contributed by atoms with van der Waals surface area (Å²) in [4.78, 5) is 4.12. The zero-order chi connectivity index (χ0) is 12.4. The minimum atomic E-state index is -0.567. The van der Waals surface area contributed by atoms with Gasteiger partial charge in [0.1, 0.15) is 11.6 Å². The molecule has 1 atom stereocenters. The van der Waals surface area contributed by atoms with Gasteiger partial charge in [0.05, 0.1) is 25.2 Å². The van der Waals surface area contributed by atoms with Crippen LogP contribution in [0.5, 0.6) is 5.75 Å². The zero-order valence-electron chi connectivity index (χ0n) is 9.72. The number of nitrogens with zero attached hydrogens (tertiary/aromatic N) is 2. The van der Waals surface area contributed by atoms with Crippen LogP contribution in [0.2, 0.25) is 0 Å². The Kier molecular flexibility index (Phi) is 3.10. The van der Waals surface area contributed by atoms with Crippen LogP contribution in [0.4, 0.5) is 4.39 Å². The molecule has 0 saturated heterocycles. The van der Waals surface area contributed by atoms with Gasteiger partial charge in [0.2, 0.25) is 0 Å². The Balaban J connectivity index is 2.34. The van der Waals surface area contributed by atoms with E-state index in [2.05, 4.69) is 4.98 Å². The predicted octanol–water partition coefficient (Wildman–Crippen LogP) is 1.62. The van der Waals surface area contributed by atoms with E-state index in [-0.39, 0.29) is 5.82 Å². The summed E-state index contributed by atoms with van der Waals surface area (Å²) in [5, 5.41) is 0. The lowest BCUT2D eigenvalue weighted by atomic mass is 10.0. The molecule has 0 bridgehead atoms. The summed E-state index contributed by atoms with van der Waals surface area (Å²) >= 11 is 0. The van der Waals surface area contributed by atoms with Gasteiger partial charge in [0, 0.05) is 24.9 Å². The highest BCUT2D eigenvalue weighted by atomic mass is 19.1. The molecule has 1 heterocycles. The fourth-order valence-corrected chi connectivity index (χ4v) is 1.64. The number of hydrogen-bond acceptors (Lipinski definition) is 3. The smallest absolute Gasteiger partial charge is 0.132 e. The van der Waals surface area contributed by atoms with Gasteiger partial charge in [-0.15, -0.1) is 0 Å². The molecule has 0 fully saturated rings. The number of methoxy groups -OCH3 is 1. The third-order valence-electron chi connectivity index (χ3n) is 2.59. The van der Waals surface area contributed by atoms with Crippen LogP contribution in [0.25, 0.3) is 0 Å².